The molecule has 0 spiro atoms. The fraction of sp³-hybridized carbons (Fsp3) is 0.323. The minimum Gasteiger partial charge on any atom is -0.497 e. The Morgan fingerprint density at radius 1 is 1.02 bits per heavy atom. The lowest BCUT2D eigenvalue weighted by Crippen LogP contribution is -2.48. The van der Waals surface area contributed by atoms with Crippen molar-refractivity contribution in [2.45, 2.75) is 36.4 Å². The highest BCUT2D eigenvalue weighted by atomic mass is 32.2. The largest absolute Gasteiger partial charge is 0.497 e. The van der Waals surface area contributed by atoms with Gasteiger partial charge in [0.2, 0.25) is 11.8 Å². The van der Waals surface area contributed by atoms with Gasteiger partial charge in [-0.1, -0.05) is 36.4 Å². The van der Waals surface area contributed by atoms with Crippen molar-refractivity contribution in [2.75, 3.05) is 33.9 Å². The number of nitrogens with zero attached hydrogens (tertiary/aromatic N) is 2. The molecular weight excluding hydrogens is 574 g/mol. The van der Waals surface area contributed by atoms with E-state index in [1.54, 1.807) is 54.6 Å². The summed E-state index contributed by atoms with van der Waals surface area (Å²) in [7, 11) is -1.26. The van der Waals surface area contributed by atoms with Crippen LogP contribution in [0.4, 0.5) is 0 Å². The number of carbonyl (C=O) groups is 3. The highest BCUT2D eigenvalue weighted by molar-refractivity contribution is 7.90. The van der Waals surface area contributed by atoms with Gasteiger partial charge < -0.3 is 24.4 Å². The second kappa shape index (κ2) is 12.8. The number of benzene rings is 3. The van der Waals surface area contributed by atoms with Crippen LogP contribution >= 0.6 is 0 Å². The molecule has 0 aliphatic carbocycles. The number of carbonyl (C=O) groups excluding carboxylic acids is 3. The van der Waals surface area contributed by atoms with Crippen molar-refractivity contribution in [2.24, 2.45) is 0 Å². The fourth-order valence-corrected chi connectivity index (χ4v) is 6.81. The number of fused-ring (bicyclic) bond motifs is 1. The summed E-state index contributed by atoms with van der Waals surface area (Å²) in [5.41, 5.74) is 1.07. The van der Waals surface area contributed by atoms with Gasteiger partial charge in [0.25, 0.3) is 15.9 Å². The summed E-state index contributed by atoms with van der Waals surface area (Å²) in [6.45, 7) is -0.0184. The Bertz CT molecular complexity index is 1620. The van der Waals surface area contributed by atoms with E-state index in [-0.39, 0.29) is 29.7 Å². The summed E-state index contributed by atoms with van der Waals surface area (Å²) in [6, 6.07) is 18.4. The normalized spacial score (nSPS) is 17.7. The van der Waals surface area contributed by atoms with Gasteiger partial charge in [0.05, 0.1) is 25.9 Å². The molecule has 1 fully saturated rings. The van der Waals surface area contributed by atoms with E-state index in [2.05, 4.69) is 5.32 Å². The molecule has 0 unspecified atom stereocenters. The van der Waals surface area contributed by atoms with Crippen LogP contribution in [-0.2, 0) is 30.9 Å². The molecule has 3 aromatic carbocycles. The molecule has 0 bridgehead atoms. The van der Waals surface area contributed by atoms with E-state index < -0.39 is 40.3 Å². The molecule has 2 aliphatic heterocycles. The van der Waals surface area contributed by atoms with Crippen LogP contribution in [0.3, 0.4) is 0 Å². The maximum Gasteiger partial charge on any atom is 0.269 e. The molecule has 0 saturated carbocycles. The first-order valence-electron chi connectivity index (χ1n) is 13.8. The summed E-state index contributed by atoms with van der Waals surface area (Å²) >= 11 is 0. The zero-order valence-corrected chi connectivity index (χ0v) is 24.7. The molecule has 12 heteroatoms. The van der Waals surface area contributed by atoms with E-state index in [9.17, 15) is 22.8 Å². The van der Waals surface area contributed by atoms with Crippen LogP contribution in [0.2, 0.25) is 0 Å². The van der Waals surface area contributed by atoms with E-state index in [0.717, 1.165) is 12.8 Å². The van der Waals surface area contributed by atoms with Crippen LogP contribution < -0.4 is 14.8 Å². The monoisotopic (exact) mass is 607 g/mol. The SMILES string of the molecule is COc1cccc(CN(C(=O)CN2C(=O)c3ccccc3S2(=O)=O)[C@H](C(=O)NC[C@H]2CCCO2)c2cccc(OC)c2)c1. The first-order valence-corrected chi connectivity index (χ1v) is 15.3. The molecular formula is C31H33N3O8S. The predicted octanol–water partition coefficient (Wildman–Crippen LogP) is 2.91. The molecule has 2 aliphatic rings. The van der Waals surface area contributed by atoms with Gasteiger partial charge in [-0.15, -0.1) is 0 Å². The lowest BCUT2D eigenvalue weighted by molar-refractivity contribution is -0.141. The molecule has 226 valence electrons. The van der Waals surface area contributed by atoms with Gasteiger partial charge >= 0.3 is 0 Å². The minimum absolute atomic E-state index is 0.00621. The van der Waals surface area contributed by atoms with Gasteiger partial charge in [-0.05, 0) is 60.4 Å². The first kappa shape index (κ1) is 30.1. The molecule has 3 amide bonds. The number of hydrogen-bond acceptors (Lipinski definition) is 8. The molecule has 43 heavy (non-hydrogen) atoms. The predicted molar refractivity (Wildman–Crippen MR) is 156 cm³/mol. The van der Waals surface area contributed by atoms with Crippen molar-refractivity contribution in [1.29, 1.82) is 0 Å². The maximum atomic E-state index is 14.2. The van der Waals surface area contributed by atoms with Crippen molar-refractivity contribution >= 4 is 27.7 Å². The molecule has 11 nitrogen and oxygen atoms in total. The second-order valence-electron chi connectivity index (χ2n) is 10.2. The highest BCUT2D eigenvalue weighted by Gasteiger charge is 2.43. The molecule has 5 rings (SSSR count). The molecule has 3 aromatic rings. The summed E-state index contributed by atoms with van der Waals surface area (Å²) in [5, 5.41) is 2.92. The van der Waals surface area contributed by atoms with Gasteiger partial charge in [0, 0.05) is 19.7 Å². The van der Waals surface area contributed by atoms with Gasteiger partial charge in [0.15, 0.2) is 0 Å². The summed E-state index contributed by atoms with van der Waals surface area (Å²) in [4.78, 5) is 42.4. The van der Waals surface area contributed by atoms with Crippen LogP contribution in [0.5, 0.6) is 11.5 Å². The van der Waals surface area contributed by atoms with Crippen molar-refractivity contribution in [3.05, 3.63) is 89.5 Å². The number of sulfonamides is 1. The molecule has 2 atom stereocenters. The Labute approximate surface area is 250 Å². The fourth-order valence-electron chi connectivity index (χ4n) is 5.29. The van der Waals surface area contributed by atoms with Crippen LogP contribution in [0, 0.1) is 0 Å². The molecule has 2 heterocycles. The summed E-state index contributed by atoms with van der Waals surface area (Å²) < 4.78 is 43.6. The number of amides is 3. The molecule has 0 radical (unpaired) electrons. The van der Waals surface area contributed by atoms with Crippen LogP contribution in [0.25, 0.3) is 0 Å². The third kappa shape index (κ3) is 6.35. The van der Waals surface area contributed by atoms with Crippen molar-refractivity contribution < 1.29 is 37.0 Å². The van der Waals surface area contributed by atoms with Crippen LogP contribution in [0.1, 0.15) is 40.4 Å². The van der Waals surface area contributed by atoms with E-state index in [0.29, 0.717) is 33.5 Å². The first-order chi connectivity index (χ1) is 20.7. The lowest BCUT2D eigenvalue weighted by atomic mass is 10.0. The van der Waals surface area contributed by atoms with Gasteiger partial charge in [-0.3, -0.25) is 14.4 Å². The van der Waals surface area contributed by atoms with E-state index in [1.165, 1.54) is 37.3 Å². The average Bonchev–Trinajstić information content (AvgIpc) is 3.61. The third-order valence-corrected chi connectivity index (χ3v) is 9.28. The number of ether oxygens (including phenoxy) is 3. The number of rotatable bonds is 11. The van der Waals surface area contributed by atoms with Gasteiger partial charge in [-0.25, -0.2) is 12.7 Å². The quantitative estimate of drug-likeness (QED) is 0.352. The van der Waals surface area contributed by atoms with Crippen LogP contribution in [-0.4, -0.2) is 75.4 Å². The van der Waals surface area contributed by atoms with Gasteiger partial charge in [0.1, 0.15) is 29.0 Å². The number of nitrogens with one attached hydrogen (secondary N) is 1. The number of methoxy groups -OCH3 is 2. The lowest BCUT2D eigenvalue weighted by Gasteiger charge is -2.33. The molecule has 1 saturated heterocycles. The Hall–Kier alpha value is -4.42. The zero-order chi connectivity index (χ0) is 30.6. The van der Waals surface area contributed by atoms with Crippen molar-refractivity contribution in [1.82, 2.24) is 14.5 Å². The van der Waals surface area contributed by atoms with Crippen LogP contribution in [0.15, 0.2) is 77.7 Å². The molecule has 1 N–H and O–H groups in total. The smallest absolute Gasteiger partial charge is 0.269 e. The van der Waals surface area contributed by atoms with Crippen molar-refractivity contribution in [3.63, 3.8) is 0 Å². The minimum atomic E-state index is -4.27. The Kier molecular flexibility index (Phi) is 8.97. The summed E-state index contributed by atoms with van der Waals surface area (Å²) in [5.74, 6) is -1.02. The standard InChI is InChI=1S/C31H33N3O8S/c1-40-23-10-5-8-21(16-23)19-33(28(35)20-34-31(37)26-13-3-4-14-27(26)43(34,38)39)29(22-9-6-11-24(17-22)41-2)30(36)32-18-25-12-7-15-42-25/h3-6,8-11,13-14,16-17,25,29H,7,12,15,18-20H2,1-2H3,(H,32,36)/t25-,29+/m1/s1. The Morgan fingerprint density at radius 3 is 2.44 bits per heavy atom. The maximum absolute atomic E-state index is 14.2. The summed E-state index contributed by atoms with van der Waals surface area (Å²) in [6.07, 6.45) is 1.54. The second-order valence-corrected chi connectivity index (χ2v) is 12.1. The van der Waals surface area contributed by atoms with Gasteiger partial charge in [-0.2, -0.15) is 0 Å². The average molecular weight is 608 g/mol. The zero-order valence-electron chi connectivity index (χ0n) is 23.9. The van der Waals surface area contributed by atoms with E-state index in [4.69, 9.17) is 14.2 Å². The van der Waals surface area contributed by atoms with E-state index in [1.807, 2.05) is 0 Å². The topological polar surface area (TPSA) is 132 Å². The Morgan fingerprint density at radius 2 is 1.74 bits per heavy atom. The third-order valence-electron chi connectivity index (χ3n) is 7.50. The van der Waals surface area contributed by atoms with E-state index >= 15 is 0 Å². The molecule has 0 aromatic heterocycles. The van der Waals surface area contributed by atoms with Crippen molar-refractivity contribution in [3.8, 4) is 11.5 Å². The Balaban J connectivity index is 1.53. The number of hydrogen-bond donors (Lipinski definition) is 1. The highest BCUT2D eigenvalue weighted by Crippen LogP contribution is 2.32.